The summed E-state index contributed by atoms with van der Waals surface area (Å²) in [6.45, 7) is 4.75. The molecule has 0 aromatic carbocycles. The molecular formula is C25H34O5S. The van der Waals surface area contributed by atoms with Gasteiger partial charge in [0, 0.05) is 23.7 Å². The Morgan fingerprint density at radius 2 is 1.94 bits per heavy atom. The molecule has 2 saturated carbocycles. The molecule has 0 amide bonds. The van der Waals surface area contributed by atoms with Crippen molar-refractivity contribution >= 4 is 30.4 Å². The lowest BCUT2D eigenvalue weighted by Gasteiger charge is -2.54. The maximum absolute atomic E-state index is 11.9. The van der Waals surface area contributed by atoms with Gasteiger partial charge in [-0.05, 0) is 62.9 Å². The Morgan fingerprint density at radius 3 is 2.55 bits per heavy atom. The molecule has 1 aliphatic heterocycles. The third-order valence-electron chi connectivity index (χ3n) is 9.03. The van der Waals surface area contributed by atoms with E-state index >= 15 is 0 Å². The Labute approximate surface area is 190 Å². The highest BCUT2D eigenvalue weighted by Gasteiger charge is 2.65. The first-order chi connectivity index (χ1) is 14.7. The Kier molecular flexibility index (Phi) is 5.91. The van der Waals surface area contributed by atoms with Gasteiger partial charge in [-0.3, -0.25) is 14.4 Å². The summed E-state index contributed by atoms with van der Waals surface area (Å²) >= 11 is 3.62. The van der Waals surface area contributed by atoms with E-state index in [4.69, 9.17) is 4.74 Å². The van der Waals surface area contributed by atoms with Crippen molar-refractivity contribution < 1.29 is 23.9 Å². The van der Waals surface area contributed by atoms with Crippen LogP contribution in [0.25, 0.3) is 0 Å². The third-order valence-corrected chi connectivity index (χ3v) is 9.28. The van der Waals surface area contributed by atoms with E-state index in [-0.39, 0.29) is 34.1 Å². The second-order valence-electron chi connectivity index (χ2n) is 10.2. The number of carbonyl (C=O) groups excluding carboxylic acids is 3. The lowest BCUT2D eigenvalue weighted by atomic mass is 9.50. The molecule has 5 rings (SSSR count). The molecule has 5 nitrogen and oxygen atoms in total. The van der Waals surface area contributed by atoms with Gasteiger partial charge in [0.05, 0.1) is 12.9 Å². The molecule has 5 aliphatic rings. The second-order valence-corrected chi connectivity index (χ2v) is 10.6. The van der Waals surface area contributed by atoms with E-state index in [2.05, 4.69) is 37.3 Å². The molecule has 0 N–H and O–H groups in total. The summed E-state index contributed by atoms with van der Waals surface area (Å²) in [6.07, 6.45) is 13.1. The molecule has 6 heteroatoms. The summed E-state index contributed by atoms with van der Waals surface area (Å²) < 4.78 is 10.2. The lowest BCUT2D eigenvalue weighted by molar-refractivity contribution is -0.160. The summed E-state index contributed by atoms with van der Waals surface area (Å²) in [5.41, 5.74) is 2.95. The first-order valence-electron chi connectivity index (χ1n) is 11.5. The van der Waals surface area contributed by atoms with Crippen molar-refractivity contribution in [3.05, 3.63) is 23.3 Å². The Morgan fingerprint density at radius 1 is 1.16 bits per heavy atom. The molecule has 170 valence electrons. The van der Waals surface area contributed by atoms with Crippen LogP contribution in [0.2, 0.25) is 0 Å². The van der Waals surface area contributed by atoms with Crippen LogP contribution < -0.4 is 0 Å². The zero-order valence-corrected chi connectivity index (χ0v) is 19.8. The van der Waals surface area contributed by atoms with Crippen molar-refractivity contribution in [3.63, 3.8) is 0 Å². The Balaban J connectivity index is 0.000000342. The molecule has 31 heavy (non-hydrogen) atoms. The SMILES string of the molecule is CC12CCC(=O)C=C1CCC1C2=CCC2(C)C1CC[C@@]21CCC(=O)O1.COC(=O)CS. The number of thiol groups is 1. The van der Waals surface area contributed by atoms with Gasteiger partial charge in [-0.25, -0.2) is 0 Å². The van der Waals surface area contributed by atoms with E-state index in [0.29, 0.717) is 30.5 Å². The van der Waals surface area contributed by atoms with Gasteiger partial charge in [-0.2, -0.15) is 12.6 Å². The average molecular weight is 447 g/mol. The van der Waals surface area contributed by atoms with Crippen LogP contribution in [0.5, 0.6) is 0 Å². The zero-order valence-electron chi connectivity index (χ0n) is 18.9. The first kappa shape index (κ1) is 22.6. The summed E-state index contributed by atoms with van der Waals surface area (Å²) in [5, 5.41) is 0. The third kappa shape index (κ3) is 3.49. The highest BCUT2D eigenvalue weighted by Crippen LogP contribution is 2.67. The topological polar surface area (TPSA) is 69.7 Å². The van der Waals surface area contributed by atoms with Gasteiger partial charge in [-0.1, -0.05) is 31.1 Å². The van der Waals surface area contributed by atoms with E-state index in [0.717, 1.165) is 38.5 Å². The maximum Gasteiger partial charge on any atom is 0.315 e. The first-order valence-corrected chi connectivity index (χ1v) is 12.2. The van der Waals surface area contributed by atoms with Crippen LogP contribution in [-0.2, 0) is 23.9 Å². The highest BCUT2D eigenvalue weighted by atomic mass is 32.1. The lowest BCUT2D eigenvalue weighted by Crippen LogP contribution is -2.50. The number of hydrogen-bond acceptors (Lipinski definition) is 6. The fourth-order valence-corrected chi connectivity index (χ4v) is 7.34. The quantitative estimate of drug-likeness (QED) is 0.362. The van der Waals surface area contributed by atoms with Gasteiger partial charge in [0.15, 0.2) is 5.78 Å². The number of fused-ring (bicyclic) bond motifs is 6. The average Bonchev–Trinajstić information content (AvgIpc) is 3.28. The van der Waals surface area contributed by atoms with Crippen LogP contribution in [0, 0.1) is 22.7 Å². The summed E-state index contributed by atoms with van der Waals surface area (Å²) in [4.78, 5) is 33.7. The van der Waals surface area contributed by atoms with Crippen molar-refractivity contribution in [2.24, 2.45) is 22.7 Å². The van der Waals surface area contributed by atoms with Gasteiger partial charge in [0.1, 0.15) is 5.60 Å². The minimum absolute atomic E-state index is 0.00303. The molecule has 0 aromatic heterocycles. The maximum atomic E-state index is 11.9. The van der Waals surface area contributed by atoms with Crippen molar-refractivity contribution in [1.29, 1.82) is 0 Å². The van der Waals surface area contributed by atoms with Crippen LogP contribution >= 0.6 is 12.6 Å². The van der Waals surface area contributed by atoms with Crippen molar-refractivity contribution in [3.8, 4) is 0 Å². The number of ether oxygens (including phenoxy) is 2. The molecule has 4 unspecified atom stereocenters. The van der Waals surface area contributed by atoms with Crippen molar-refractivity contribution in [1.82, 2.24) is 0 Å². The molecule has 1 heterocycles. The fourth-order valence-electron chi connectivity index (χ4n) is 7.21. The summed E-state index contributed by atoms with van der Waals surface area (Å²) in [6, 6.07) is 0. The number of hydrogen-bond donors (Lipinski definition) is 1. The van der Waals surface area contributed by atoms with Gasteiger partial charge in [0.25, 0.3) is 0 Å². The Hall–Kier alpha value is -1.56. The van der Waals surface area contributed by atoms with E-state index in [1.807, 2.05) is 6.08 Å². The molecule has 0 radical (unpaired) electrons. The van der Waals surface area contributed by atoms with E-state index in [1.165, 1.54) is 19.1 Å². The zero-order chi connectivity index (χ0) is 22.4. The van der Waals surface area contributed by atoms with Crippen LogP contribution in [-0.4, -0.2) is 36.2 Å². The number of ketones is 1. The van der Waals surface area contributed by atoms with Crippen molar-refractivity contribution in [2.45, 2.75) is 77.2 Å². The minimum atomic E-state index is -0.293. The standard InChI is InChI=1S/C22H28O3.C3H6O2S/c1-20-9-5-15(23)13-14(20)3-4-16-17(20)6-10-21(2)18(16)7-11-22(21)12-8-19(24)25-22;1-5-3(4)2-6/h6,13,16,18H,3-5,7-12H2,1-2H3;6H,2H2,1H3/t16?,18?,20?,21?,22-;/m1./s1. The van der Waals surface area contributed by atoms with E-state index < -0.39 is 0 Å². The van der Waals surface area contributed by atoms with Gasteiger partial charge < -0.3 is 9.47 Å². The number of esters is 2. The normalized spacial score (nSPS) is 40.5. The predicted octanol–water partition coefficient (Wildman–Crippen LogP) is 4.60. The van der Waals surface area contributed by atoms with Gasteiger partial charge in [-0.15, -0.1) is 0 Å². The van der Waals surface area contributed by atoms with E-state index in [1.54, 1.807) is 5.57 Å². The molecule has 1 spiro atoms. The molecule has 1 saturated heterocycles. The number of methoxy groups -OCH3 is 1. The molecule has 3 fully saturated rings. The number of carbonyl (C=O) groups is 3. The van der Waals surface area contributed by atoms with Crippen molar-refractivity contribution in [2.75, 3.05) is 12.9 Å². The largest absolute Gasteiger partial charge is 0.468 e. The fraction of sp³-hybridized carbons (Fsp3) is 0.720. The molecule has 0 bridgehead atoms. The summed E-state index contributed by atoms with van der Waals surface area (Å²) in [5.74, 6) is 1.41. The Bertz CT molecular complexity index is 854. The number of rotatable bonds is 1. The van der Waals surface area contributed by atoms with Crippen LogP contribution in [0.3, 0.4) is 0 Å². The highest BCUT2D eigenvalue weighted by molar-refractivity contribution is 7.81. The van der Waals surface area contributed by atoms with Gasteiger partial charge in [0.2, 0.25) is 0 Å². The second kappa shape index (κ2) is 8.09. The number of allylic oxidation sites excluding steroid dienone is 4. The molecule has 5 atom stereocenters. The molecule has 4 aliphatic carbocycles. The summed E-state index contributed by atoms with van der Waals surface area (Å²) in [7, 11) is 1.33. The monoisotopic (exact) mass is 446 g/mol. The van der Waals surface area contributed by atoms with Crippen LogP contribution in [0.4, 0.5) is 0 Å². The minimum Gasteiger partial charge on any atom is -0.468 e. The van der Waals surface area contributed by atoms with Crippen LogP contribution in [0.15, 0.2) is 23.3 Å². The van der Waals surface area contributed by atoms with E-state index in [9.17, 15) is 14.4 Å². The molecular weight excluding hydrogens is 412 g/mol. The molecule has 0 aromatic rings. The van der Waals surface area contributed by atoms with Gasteiger partial charge >= 0.3 is 11.9 Å². The van der Waals surface area contributed by atoms with Crippen LogP contribution in [0.1, 0.15) is 71.6 Å². The predicted molar refractivity (Wildman–Crippen MR) is 121 cm³/mol. The smallest absolute Gasteiger partial charge is 0.315 e.